The molecule has 1 aromatic carbocycles. The summed E-state index contributed by atoms with van der Waals surface area (Å²) in [4.78, 5) is 11.6. The highest BCUT2D eigenvalue weighted by molar-refractivity contribution is 5.96. The normalized spacial score (nSPS) is 12.5. The summed E-state index contributed by atoms with van der Waals surface area (Å²) >= 11 is 0. The SMILES string of the molecule is CC(CN)CCC(=O)c1ccccc1F. The minimum atomic E-state index is -0.442. The molecule has 2 N–H and O–H groups in total. The number of hydrogen-bond acceptors (Lipinski definition) is 2. The summed E-state index contributed by atoms with van der Waals surface area (Å²) in [6, 6.07) is 6.07. The Labute approximate surface area is 89.3 Å². The van der Waals surface area contributed by atoms with Gasteiger partial charge >= 0.3 is 0 Å². The zero-order valence-corrected chi connectivity index (χ0v) is 8.87. The molecule has 0 heterocycles. The summed E-state index contributed by atoms with van der Waals surface area (Å²) in [5, 5.41) is 0. The molecule has 1 aromatic rings. The molecule has 0 aromatic heterocycles. The van der Waals surface area contributed by atoms with Crippen molar-refractivity contribution in [3.8, 4) is 0 Å². The van der Waals surface area contributed by atoms with Crippen molar-refractivity contribution < 1.29 is 9.18 Å². The maximum absolute atomic E-state index is 13.2. The number of nitrogens with two attached hydrogens (primary N) is 1. The number of Topliss-reactive ketones (excluding diaryl/α,β-unsaturated/α-hetero) is 1. The van der Waals surface area contributed by atoms with Crippen LogP contribution in [0.2, 0.25) is 0 Å². The number of carbonyl (C=O) groups is 1. The zero-order valence-electron chi connectivity index (χ0n) is 8.87. The molecule has 1 rings (SSSR count). The van der Waals surface area contributed by atoms with Crippen molar-refractivity contribution in [2.24, 2.45) is 11.7 Å². The van der Waals surface area contributed by atoms with Gasteiger partial charge in [0, 0.05) is 6.42 Å². The zero-order chi connectivity index (χ0) is 11.3. The van der Waals surface area contributed by atoms with E-state index in [9.17, 15) is 9.18 Å². The Hall–Kier alpha value is -1.22. The Morgan fingerprint density at radius 2 is 2.13 bits per heavy atom. The highest BCUT2D eigenvalue weighted by Gasteiger charge is 2.11. The van der Waals surface area contributed by atoms with Crippen molar-refractivity contribution in [3.63, 3.8) is 0 Å². The van der Waals surface area contributed by atoms with E-state index in [1.54, 1.807) is 12.1 Å². The first-order chi connectivity index (χ1) is 7.15. The standard InChI is InChI=1S/C12H16FNO/c1-9(8-14)6-7-12(15)10-4-2-3-5-11(10)13/h2-5,9H,6-8,14H2,1H3. The Kier molecular flexibility index (Phi) is 4.43. The molecule has 2 nitrogen and oxygen atoms in total. The average molecular weight is 209 g/mol. The van der Waals surface area contributed by atoms with Crippen molar-refractivity contribution >= 4 is 5.78 Å². The predicted molar refractivity (Wildman–Crippen MR) is 58.2 cm³/mol. The van der Waals surface area contributed by atoms with Crippen LogP contribution in [0, 0.1) is 11.7 Å². The quantitative estimate of drug-likeness (QED) is 0.756. The van der Waals surface area contributed by atoms with Gasteiger partial charge in [0.25, 0.3) is 0 Å². The first-order valence-electron chi connectivity index (χ1n) is 5.13. The van der Waals surface area contributed by atoms with Gasteiger partial charge in [0.15, 0.2) is 5.78 Å². The van der Waals surface area contributed by atoms with Gasteiger partial charge in [-0.2, -0.15) is 0 Å². The highest BCUT2D eigenvalue weighted by Crippen LogP contribution is 2.12. The first-order valence-corrected chi connectivity index (χ1v) is 5.13. The number of ketones is 1. The molecular formula is C12H16FNO. The fraction of sp³-hybridized carbons (Fsp3) is 0.417. The van der Waals surface area contributed by atoms with E-state index in [-0.39, 0.29) is 11.3 Å². The molecule has 1 atom stereocenters. The topological polar surface area (TPSA) is 43.1 Å². The van der Waals surface area contributed by atoms with Crippen LogP contribution >= 0.6 is 0 Å². The van der Waals surface area contributed by atoms with Gasteiger partial charge in [0.1, 0.15) is 5.82 Å². The lowest BCUT2D eigenvalue weighted by Gasteiger charge is -2.07. The maximum Gasteiger partial charge on any atom is 0.165 e. The van der Waals surface area contributed by atoms with Crippen LogP contribution in [0.1, 0.15) is 30.1 Å². The highest BCUT2D eigenvalue weighted by atomic mass is 19.1. The lowest BCUT2D eigenvalue weighted by Crippen LogP contribution is -2.12. The average Bonchev–Trinajstić information content (AvgIpc) is 2.26. The van der Waals surface area contributed by atoms with Crippen LogP contribution < -0.4 is 5.73 Å². The Morgan fingerprint density at radius 1 is 1.47 bits per heavy atom. The van der Waals surface area contributed by atoms with Crippen LogP contribution in [0.5, 0.6) is 0 Å². The number of halogens is 1. The lowest BCUT2D eigenvalue weighted by molar-refractivity contribution is 0.0971. The third-order valence-electron chi connectivity index (χ3n) is 2.44. The molecule has 0 aliphatic carbocycles. The molecule has 3 heteroatoms. The number of hydrogen-bond donors (Lipinski definition) is 1. The van der Waals surface area contributed by atoms with Gasteiger partial charge in [-0.1, -0.05) is 19.1 Å². The van der Waals surface area contributed by atoms with Gasteiger partial charge in [-0.3, -0.25) is 4.79 Å². The predicted octanol–water partition coefficient (Wildman–Crippen LogP) is 2.38. The molecule has 82 valence electrons. The molecule has 0 bridgehead atoms. The van der Waals surface area contributed by atoms with E-state index < -0.39 is 5.82 Å². The maximum atomic E-state index is 13.2. The molecule has 0 saturated heterocycles. The van der Waals surface area contributed by atoms with Crippen molar-refractivity contribution in [2.45, 2.75) is 19.8 Å². The van der Waals surface area contributed by atoms with Crippen LogP contribution in [0.15, 0.2) is 24.3 Å². The fourth-order valence-electron chi connectivity index (χ4n) is 1.32. The summed E-state index contributed by atoms with van der Waals surface area (Å²) in [5.74, 6) is -0.281. The summed E-state index contributed by atoms with van der Waals surface area (Å²) in [6.45, 7) is 2.54. The van der Waals surface area contributed by atoms with E-state index >= 15 is 0 Å². The van der Waals surface area contributed by atoms with Crippen LogP contribution in [0.4, 0.5) is 4.39 Å². The summed E-state index contributed by atoms with van der Waals surface area (Å²) in [5.41, 5.74) is 5.62. The van der Waals surface area contributed by atoms with Crippen molar-refractivity contribution in [1.29, 1.82) is 0 Å². The van der Waals surface area contributed by atoms with E-state index in [4.69, 9.17) is 5.73 Å². The summed E-state index contributed by atoms with van der Waals surface area (Å²) in [7, 11) is 0. The van der Waals surface area contributed by atoms with E-state index in [0.717, 1.165) is 0 Å². The summed E-state index contributed by atoms with van der Waals surface area (Å²) < 4.78 is 13.2. The number of benzene rings is 1. The van der Waals surface area contributed by atoms with Crippen LogP contribution in [-0.4, -0.2) is 12.3 Å². The Bertz CT molecular complexity index is 338. The third kappa shape index (κ3) is 3.44. The largest absolute Gasteiger partial charge is 0.330 e. The molecule has 1 unspecified atom stereocenters. The second kappa shape index (κ2) is 5.61. The van der Waals surface area contributed by atoms with Crippen molar-refractivity contribution in [3.05, 3.63) is 35.6 Å². The molecular weight excluding hydrogens is 193 g/mol. The van der Waals surface area contributed by atoms with Gasteiger partial charge < -0.3 is 5.73 Å². The molecule has 0 spiro atoms. The lowest BCUT2D eigenvalue weighted by atomic mass is 10.00. The molecule has 0 aliphatic heterocycles. The molecule has 0 amide bonds. The van der Waals surface area contributed by atoms with Crippen LogP contribution in [-0.2, 0) is 0 Å². The minimum Gasteiger partial charge on any atom is -0.330 e. The van der Waals surface area contributed by atoms with E-state index in [1.807, 2.05) is 6.92 Å². The molecule has 0 fully saturated rings. The molecule has 0 saturated carbocycles. The van der Waals surface area contributed by atoms with E-state index in [1.165, 1.54) is 12.1 Å². The van der Waals surface area contributed by atoms with Gasteiger partial charge in [0.05, 0.1) is 5.56 Å². The summed E-state index contributed by atoms with van der Waals surface area (Å²) in [6.07, 6.45) is 1.07. The number of rotatable bonds is 5. The van der Waals surface area contributed by atoms with E-state index in [0.29, 0.717) is 25.3 Å². The van der Waals surface area contributed by atoms with Gasteiger partial charge in [-0.05, 0) is 31.0 Å². The second-order valence-corrected chi connectivity index (χ2v) is 3.78. The van der Waals surface area contributed by atoms with E-state index in [2.05, 4.69) is 0 Å². The Balaban J connectivity index is 2.58. The molecule has 0 radical (unpaired) electrons. The second-order valence-electron chi connectivity index (χ2n) is 3.78. The fourth-order valence-corrected chi connectivity index (χ4v) is 1.32. The first kappa shape index (κ1) is 11.9. The van der Waals surface area contributed by atoms with Gasteiger partial charge in [-0.15, -0.1) is 0 Å². The van der Waals surface area contributed by atoms with Gasteiger partial charge in [-0.25, -0.2) is 4.39 Å². The minimum absolute atomic E-state index is 0.145. The van der Waals surface area contributed by atoms with Crippen molar-refractivity contribution in [2.75, 3.05) is 6.54 Å². The molecule has 15 heavy (non-hydrogen) atoms. The third-order valence-corrected chi connectivity index (χ3v) is 2.44. The van der Waals surface area contributed by atoms with Crippen molar-refractivity contribution in [1.82, 2.24) is 0 Å². The smallest absolute Gasteiger partial charge is 0.165 e. The number of carbonyl (C=O) groups excluding carboxylic acids is 1. The van der Waals surface area contributed by atoms with Crippen LogP contribution in [0.3, 0.4) is 0 Å². The van der Waals surface area contributed by atoms with Crippen LogP contribution in [0.25, 0.3) is 0 Å². The Morgan fingerprint density at radius 3 is 2.73 bits per heavy atom. The van der Waals surface area contributed by atoms with Gasteiger partial charge in [0.2, 0.25) is 0 Å². The monoisotopic (exact) mass is 209 g/mol. The molecule has 0 aliphatic rings.